The van der Waals surface area contributed by atoms with Crippen molar-refractivity contribution in [2.45, 2.75) is 4.90 Å². The molecule has 0 unspecified atom stereocenters. The third-order valence-electron chi connectivity index (χ3n) is 5.23. The number of nitrogens with one attached hydrogen (secondary N) is 3. The van der Waals surface area contributed by atoms with Crippen molar-refractivity contribution in [3.05, 3.63) is 132 Å². The lowest BCUT2D eigenvalue weighted by molar-refractivity contribution is -0.114. The lowest BCUT2D eigenvalue weighted by Crippen LogP contribution is -2.30. The van der Waals surface area contributed by atoms with E-state index in [-0.39, 0.29) is 23.2 Å². The minimum absolute atomic E-state index is 0.0850. The van der Waals surface area contributed by atoms with Gasteiger partial charge in [-0.25, -0.2) is 4.39 Å². The van der Waals surface area contributed by atoms with Crippen LogP contribution in [-0.4, -0.2) is 23.5 Å². The van der Waals surface area contributed by atoms with Gasteiger partial charge in [-0.1, -0.05) is 54.6 Å². The molecule has 0 saturated carbocycles. The highest BCUT2D eigenvalue weighted by molar-refractivity contribution is 8.00. The van der Waals surface area contributed by atoms with E-state index in [0.29, 0.717) is 16.9 Å². The summed E-state index contributed by atoms with van der Waals surface area (Å²) in [5.41, 5.74) is 2.28. The van der Waals surface area contributed by atoms with Gasteiger partial charge in [0.2, 0.25) is 5.91 Å². The molecule has 4 rings (SSSR count). The van der Waals surface area contributed by atoms with Gasteiger partial charge in [0.05, 0.1) is 5.75 Å². The Morgan fingerprint density at radius 2 is 1.42 bits per heavy atom. The summed E-state index contributed by atoms with van der Waals surface area (Å²) < 4.78 is 13.0. The predicted molar refractivity (Wildman–Crippen MR) is 149 cm³/mol. The van der Waals surface area contributed by atoms with Crippen LogP contribution in [0.25, 0.3) is 6.08 Å². The van der Waals surface area contributed by atoms with Crippen LogP contribution >= 0.6 is 11.8 Å². The molecular formula is C30H24FN3O3S. The van der Waals surface area contributed by atoms with Crippen LogP contribution in [0.3, 0.4) is 0 Å². The quantitative estimate of drug-likeness (QED) is 0.186. The Labute approximate surface area is 224 Å². The minimum atomic E-state index is -0.491. The Morgan fingerprint density at radius 3 is 2.13 bits per heavy atom. The average molecular weight is 526 g/mol. The first-order valence-electron chi connectivity index (χ1n) is 11.7. The van der Waals surface area contributed by atoms with E-state index >= 15 is 0 Å². The number of hydrogen-bond donors (Lipinski definition) is 3. The van der Waals surface area contributed by atoms with E-state index in [1.54, 1.807) is 48.5 Å². The second kappa shape index (κ2) is 13.0. The summed E-state index contributed by atoms with van der Waals surface area (Å²) in [7, 11) is 0. The first-order chi connectivity index (χ1) is 18.5. The monoisotopic (exact) mass is 525 g/mol. The molecule has 6 nitrogen and oxygen atoms in total. The van der Waals surface area contributed by atoms with Gasteiger partial charge >= 0.3 is 0 Å². The second-order valence-electron chi connectivity index (χ2n) is 8.11. The SMILES string of the molecule is O=C(CSc1cccc(NC(=O)/C(=C/c2ccccc2)NC(=O)c2ccccc2)c1)Nc1ccc(F)cc1. The summed E-state index contributed by atoms with van der Waals surface area (Å²) in [4.78, 5) is 39.0. The van der Waals surface area contributed by atoms with Gasteiger partial charge in [-0.15, -0.1) is 11.8 Å². The fraction of sp³-hybridized carbons (Fsp3) is 0.0333. The fourth-order valence-corrected chi connectivity index (χ4v) is 4.15. The summed E-state index contributed by atoms with van der Waals surface area (Å²) in [6.07, 6.45) is 1.61. The molecule has 0 atom stereocenters. The molecule has 0 aliphatic rings. The molecule has 0 fully saturated rings. The number of rotatable bonds is 9. The van der Waals surface area contributed by atoms with Crippen molar-refractivity contribution in [3.63, 3.8) is 0 Å². The molecule has 8 heteroatoms. The van der Waals surface area contributed by atoms with Crippen molar-refractivity contribution in [1.29, 1.82) is 0 Å². The van der Waals surface area contributed by atoms with Crippen molar-refractivity contribution in [2.24, 2.45) is 0 Å². The number of benzene rings is 4. The standard InChI is InChI=1S/C30H24FN3O3S/c31-23-14-16-24(17-15-23)32-28(35)20-38-26-13-7-12-25(19-26)33-30(37)27(18-21-8-3-1-4-9-21)34-29(36)22-10-5-2-6-11-22/h1-19H,20H2,(H,32,35)(H,33,37)(H,34,36)/b27-18-. The number of carbonyl (C=O) groups excluding carboxylic acids is 3. The Bertz CT molecular complexity index is 1440. The molecule has 4 aromatic rings. The van der Waals surface area contributed by atoms with Gasteiger partial charge in [0, 0.05) is 21.8 Å². The summed E-state index contributed by atoms with van der Waals surface area (Å²) in [5, 5.41) is 8.24. The van der Waals surface area contributed by atoms with Crippen molar-refractivity contribution < 1.29 is 18.8 Å². The highest BCUT2D eigenvalue weighted by atomic mass is 32.2. The van der Waals surface area contributed by atoms with Crippen LogP contribution in [0.5, 0.6) is 0 Å². The zero-order valence-corrected chi connectivity index (χ0v) is 21.0. The number of thioether (sulfide) groups is 1. The fourth-order valence-electron chi connectivity index (χ4n) is 3.40. The zero-order valence-electron chi connectivity index (χ0n) is 20.2. The molecule has 4 aromatic carbocycles. The molecule has 38 heavy (non-hydrogen) atoms. The molecule has 0 saturated heterocycles. The molecule has 0 aromatic heterocycles. The average Bonchev–Trinajstić information content (AvgIpc) is 2.94. The maximum Gasteiger partial charge on any atom is 0.272 e. The first-order valence-corrected chi connectivity index (χ1v) is 12.7. The molecule has 190 valence electrons. The molecular weight excluding hydrogens is 501 g/mol. The van der Waals surface area contributed by atoms with Gasteiger partial charge in [-0.3, -0.25) is 14.4 Å². The number of anilines is 2. The van der Waals surface area contributed by atoms with Crippen LogP contribution in [0, 0.1) is 5.82 Å². The van der Waals surface area contributed by atoms with Gasteiger partial charge in [-0.05, 0) is 66.2 Å². The summed E-state index contributed by atoms with van der Waals surface area (Å²) >= 11 is 1.29. The maximum atomic E-state index is 13.2. The lowest BCUT2D eigenvalue weighted by atomic mass is 10.1. The maximum absolute atomic E-state index is 13.2. The second-order valence-corrected chi connectivity index (χ2v) is 9.16. The summed E-state index contributed by atoms with van der Waals surface area (Å²) in [6, 6.07) is 30.4. The highest BCUT2D eigenvalue weighted by Crippen LogP contribution is 2.22. The van der Waals surface area contributed by atoms with Gasteiger partial charge in [-0.2, -0.15) is 0 Å². The van der Waals surface area contributed by atoms with Crippen LogP contribution in [-0.2, 0) is 9.59 Å². The van der Waals surface area contributed by atoms with Crippen LogP contribution in [0.2, 0.25) is 0 Å². The Hall–Kier alpha value is -4.69. The normalized spacial score (nSPS) is 10.9. The minimum Gasteiger partial charge on any atom is -0.325 e. The molecule has 0 spiro atoms. The molecule has 0 aliphatic heterocycles. The van der Waals surface area contributed by atoms with Crippen molar-refractivity contribution in [1.82, 2.24) is 5.32 Å². The molecule has 3 N–H and O–H groups in total. The van der Waals surface area contributed by atoms with E-state index in [4.69, 9.17) is 0 Å². The van der Waals surface area contributed by atoms with Gasteiger partial charge in [0.15, 0.2) is 0 Å². The molecule has 0 aliphatic carbocycles. The topological polar surface area (TPSA) is 87.3 Å². The van der Waals surface area contributed by atoms with Crippen molar-refractivity contribution >= 4 is 46.9 Å². The van der Waals surface area contributed by atoms with E-state index in [1.165, 1.54) is 36.0 Å². The lowest BCUT2D eigenvalue weighted by Gasteiger charge is -2.12. The third-order valence-corrected chi connectivity index (χ3v) is 6.22. The number of hydrogen-bond acceptors (Lipinski definition) is 4. The van der Waals surface area contributed by atoms with E-state index in [0.717, 1.165) is 10.5 Å². The first kappa shape index (κ1) is 26.4. The molecule has 0 radical (unpaired) electrons. The van der Waals surface area contributed by atoms with Crippen LogP contribution in [0.4, 0.5) is 15.8 Å². The third kappa shape index (κ3) is 7.91. The van der Waals surface area contributed by atoms with Gasteiger partial charge < -0.3 is 16.0 Å². The summed E-state index contributed by atoms with van der Waals surface area (Å²) in [6.45, 7) is 0. The summed E-state index contributed by atoms with van der Waals surface area (Å²) in [5.74, 6) is -1.39. The van der Waals surface area contributed by atoms with E-state index < -0.39 is 11.8 Å². The molecule has 0 bridgehead atoms. The van der Waals surface area contributed by atoms with Crippen LogP contribution in [0.1, 0.15) is 15.9 Å². The Balaban J connectivity index is 1.42. The number of carbonyl (C=O) groups is 3. The Kier molecular flexibility index (Phi) is 9.04. The smallest absolute Gasteiger partial charge is 0.272 e. The van der Waals surface area contributed by atoms with E-state index in [9.17, 15) is 18.8 Å². The predicted octanol–water partition coefficient (Wildman–Crippen LogP) is 5.97. The van der Waals surface area contributed by atoms with Crippen LogP contribution in [0.15, 0.2) is 120 Å². The number of halogens is 1. The van der Waals surface area contributed by atoms with E-state index in [2.05, 4.69) is 16.0 Å². The van der Waals surface area contributed by atoms with Crippen LogP contribution < -0.4 is 16.0 Å². The van der Waals surface area contributed by atoms with Gasteiger partial charge in [0.1, 0.15) is 11.5 Å². The van der Waals surface area contributed by atoms with Crippen molar-refractivity contribution in [3.8, 4) is 0 Å². The largest absolute Gasteiger partial charge is 0.325 e. The van der Waals surface area contributed by atoms with Gasteiger partial charge in [0.25, 0.3) is 11.8 Å². The van der Waals surface area contributed by atoms with Crippen molar-refractivity contribution in [2.75, 3.05) is 16.4 Å². The molecule has 3 amide bonds. The number of amides is 3. The van der Waals surface area contributed by atoms with E-state index in [1.807, 2.05) is 42.5 Å². The highest BCUT2D eigenvalue weighted by Gasteiger charge is 2.15. The molecule has 0 heterocycles. The Morgan fingerprint density at radius 1 is 0.737 bits per heavy atom. The zero-order chi connectivity index (χ0) is 26.7.